The van der Waals surface area contributed by atoms with Crippen molar-refractivity contribution in [1.29, 1.82) is 0 Å². The number of nitrogens with two attached hydrogens (primary N) is 1. The van der Waals surface area contributed by atoms with Gasteiger partial charge in [-0.05, 0) is 23.8 Å². The first-order chi connectivity index (χ1) is 7.43. The van der Waals surface area contributed by atoms with Crippen LogP contribution in [0.2, 0.25) is 0 Å². The third-order valence-corrected chi connectivity index (χ3v) is 3.53. The van der Waals surface area contributed by atoms with Gasteiger partial charge >= 0.3 is 0 Å². The van der Waals surface area contributed by atoms with Crippen molar-refractivity contribution < 1.29 is 17.5 Å². The van der Waals surface area contributed by atoms with Gasteiger partial charge in [0.25, 0.3) is 0 Å². The van der Waals surface area contributed by atoms with Crippen LogP contribution < -0.4 is 5.73 Å². The molecule has 90 valence electrons. The molecule has 1 rings (SSSR count). The molecular formula is C10H14FNO3S. The SMILES string of the molecule is COCCS(=O)(=O)Cc1cc(N)cc(F)c1. The van der Waals surface area contributed by atoms with E-state index < -0.39 is 15.7 Å². The Morgan fingerprint density at radius 1 is 1.38 bits per heavy atom. The van der Waals surface area contributed by atoms with Gasteiger partial charge in [0, 0.05) is 12.8 Å². The lowest BCUT2D eigenvalue weighted by molar-refractivity contribution is 0.217. The summed E-state index contributed by atoms with van der Waals surface area (Å²) >= 11 is 0. The van der Waals surface area contributed by atoms with Crippen LogP contribution in [-0.4, -0.2) is 27.9 Å². The van der Waals surface area contributed by atoms with Crippen molar-refractivity contribution in [3.63, 3.8) is 0 Å². The Morgan fingerprint density at radius 2 is 2.06 bits per heavy atom. The first kappa shape index (κ1) is 12.9. The topological polar surface area (TPSA) is 69.4 Å². The molecule has 0 aliphatic carbocycles. The maximum atomic E-state index is 13.0. The molecule has 4 nitrogen and oxygen atoms in total. The number of sulfone groups is 1. The fourth-order valence-corrected chi connectivity index (χ4v) is 2.53. The number of hydrogen-bond donors (Lipinski definition) is 1. The van der Waals surface area contributed by atoms with Crippen LogP contribution in [0.3, 0.4) is 0 Å². The first-order valence-electron chi connectivity index (χ1n) is 4.67. The Kier molecular flexibility index (Phi) is 4.26. The van der Waals surface area contributed by atoms with E-state index in [1.165, 1.54) is 19.2 Å². The zero-order valence-electron chi connectivity index (χ0n) is 8.94. The maximum Gasteiger partial charge on any atom is 0.156 e. The van der Waals surface area contributed by atoms with Crippen molar-refractivity contribution >= 4 is 15.5 Å². The Hall–Kier alpha value is -1.14. The molecule has 0 radical (unpaired) electrons. The number of halogens is 1. The highest BCUT2D eigenvalue weighted by Crippen LogP contribution is 2.13. The quantitative estimate of drug-likeness (QED) is 0.787. The van der Waals surface area contributed by atoms with E-state index in [0.717, 1.165) is 6.07 Å². The standard InChI is InChI=1S/C10H14FNO3S/c1-15-2-3-16(13,14)7-8-4-9(11)6-10(12)5-8/h4-6H,2-3,7,12H2,1H3. The number of hydrogen-bond acceptors (Lipinski definition) is 4. The molecule has 0 amide bonds. The normalized spacial score (nSPS) is 11.6. The third-order valence-electron chi connectivity index (χ3n) is 1.96. The molecule has 1 aromatic carbocycles. The Balaban J connectivity index is 2.80. The summed E-state index contributed by atoms with van der Waals surface area (Å²) in [5.41, 5.74) is 5.99. The summed E-state index contributed by atoms with van der Waals surface area (Å²) in [6, 6.07) is 3.76. The highest BCUT2D eigenvalue weighted by Gasteiger charge is 2.12. The lowest BCUT2D eigenvalue weighted by atomic mass is 10.2. The molecule has 16 heavy (non-hydrogen) atoms. The van der Waals surface area contributed by atoms with Crippen LogP contribution in [0.5, 0.6) is 0 Å². The minimum absolute atomic E-state index is 0.0834. The smallest absolute Gasteiger partial charge is 0.156 e. The molecule has 0 aliphatic rings. The monoisotopic (exact) mass is 247 g/mol. The van der Waals surface area contributed by atoms with Crippen LogP contribution in [0.15, 0.2) is 18.2 Å². The zero-order valence-corrected chi connectivity index (χ0v) is 9.76. The summed E-state index contributed by atoms with van der Waals surface area (Å²) in [7, 11) is -1.85. The van der Waals surface area contributed by atoms with E-state index in [4.69, 9.17) is 5.73 Å². The lowest BCUT2D eigenvalue weighted by Gasteiger charge is -2.05. The minimum Gasteiger partial charge on any atom is -0.399 e. The lowest BCUT2D eigenvalue weighted by Crippen LogP contribution is -2.13. The Morgan fingerprint density at radius 3 is 2.62 bits per heavy atom. The van der Waals surface area contributed by atoms with Crippen molar-refractivity contribution in [3.05, 3.63) is 29.6 Å². The van der Waals surface area contributed by atoms with Crippen molar-refractivity contribution in [3.8, 4) is 0 Å². The van der Waals surface area contributed by atoms with Gasteiger partial charge in [0.15, 0.2) is 9.84 Å². The molecule has 0 atom stereocenters. The van der Waals surface area contributed by atoms with E-state index in [1.807, 2.05) is 0 Å². The zero-order chi connectivity index (χ0) is 12.2. The van der Waals surface area contributed by atoms with Crippen LogP contribution in [0.4, 0.5) is 10.1 Å². The van der Waals surface area contributed by atoms with E-state index >= 15 is 0 Å². The molecule has 6 heteroatoms. The molecule has 0 saturated carbocycles. The van der Waals surface area contributed by atoms with E-state index in [1.54, 1.807) is 0 Å². The van der Waals surface area contributed by atoms with Gasteiger partial charge in [0.1, 0.15) is 5.82 Å². The van der Waals surface area contributed by atoms with E-state index in [2.05, 4.69) is 4.74 Å². The summed E-state index contributed by atoms with van der Waals surface area (Å²) in [6.45, 7) is 0.132. The largest absolute Gasteiger partial charge is 0.399 e. The van der Waals surface area contributed by atoms with E-state index in [0.29, 0.717) is 5.56 Å². The average molecular weight is 247 g/mol. The van der Waals surface area contributed by atoms with Gasteiger partial charge in [0.2, 0.25) is 0 Å². The fourth-order valence-electron chi connectivity index (χ4n) is 1.30. The molecule has 0 aromatic heterocycles. The van der Waals surface area contributed by atoms with Crippen LogP contribution in [0, 0.1) is 5.82 Å². The molecule has 0 unspecified atom stereocenters. The molecule has 0 heterocycles. The second-order valence-electron chi connectivity index (χ2n) is 3.48. The second-order valence-corrected chi connectivity index (χ2v) is 5.66. The highest BCUT2D eigenvalue weighted by atomic mass is 32.2. The van der Waals surface area contributed by atoms with Gasteiger partial charge in [0.05, 0.1) is 18.1 Å². The average Bonchev–Trinajstić information content (AvgIpc) is 2.12. The molecule has 0 spiro atoms. The Bertz CT molecular complexity index is 439. The summed E-state index contributed by atoms with van der Waals surface area (Å²) in [4.78, 5) is 0. The summed E-state index contributed by atoms with van der Waals surface area (Å²) in [5, 5.41) is 0. The maximum absolute atomic E-state index is 13.0. The summed E-state index contributed by atoms with van der Waals surface area (Å²) in [5.74, 6) is -0.838. The molecular weight excluding hydrogens is 233 g/mol. The summed E-state index contributed by atoms with van der Waals surface area (Å²) in [6.07, 6.45) is 0. The number of benzene rings is 1. The first-order valence-corrected chi connectivity index (χ1v) is 6.49. The third kappa shape index (κ3) is 4.16. The number of rotatable bonds is 5. The van der Waals surface area contributed by atoms with Gasteiger partial charge in [-0.2, -0.15) is 0 Å². The predicted molar refractivity (Wildman–Crippen MR) is 60.2 cm³/mol. The van der Waals surface area contributed by atoms with Crippen molar-refractivity contribution in [1.82, 2.24) is 0 Å². The van der Waals surface area contributed by atoms with Crippen LogP contribution in [-0.2, 0) is 20.3 Å². The number of anilines is 1. The van der Waals surface area contributed by atoms with Gasteiger partial charge in [-0.3, -0.25) is 0 Å². The molecule has 0 fully saturated rings. The molecule has 0 aliphatic heterocycles. The van der Waals surface area contributed by atoms with Gasteiger partial charge in [-0.25, -0.2) is 12.8 Å². The molecule has 1 aromatic rings. The van der Waals surface area contributed by atoms with Gasteiger partial charge in [-0.1, -0.05) is 0 Å². The summed E-state index contributed by atoms with van der Waals surface area (Å²) < 4.78 is 40.7. The predicted octanol–water partition coefficient (Wildman–Crippen LogP) is 0.969. The van der Waals surface area contributed by atoms with E-state index in [9.17, 15) is 12.8 Å². The van der Waals surface area contributed by atoms with Gasteiger partial charge in [-0.15, -0.1) is 0 Å². The van der Waals surface area contributed by atoms with Crippen molar-refractivity contribution in [2.75, 3.05) is 25.2 Å². The van der Waals surface area contributed by atoms with Crippen LogP contribution >= 0.6 is 0 Å². The van der Waals surface area contributed by atoms with Crippen molar-refractivity contribution in [2.45, 2.75) is 5.75 Å². The molecule has 0 saturated heterocycles. The fraction of sp³-hybridized carbons (Fsp3) is 0.400. The minimum atomic E-state index is -3.28. The van der Waals surface area contributed by atoms with Crippen LogP contribution in [0.1, 0.15) is 5.56 Å². The molecule has 0 bridgehead atoms. The Labute approximate surface area is 94.1 Å². The highest BCUT2D eigenvalue weighted by molar-refractivity contribution is 7.90. The van der Waals surface area contributed by atoms with Gasteiger partial charge < -0.3 is 10.5 Å². The second kappa shape index (κ2) is 5.27. The van der Waals surface area contributed by atoms with E-state index in [-0.39, 0.29) is 23.8 Å². The molecule has 2 N–H and O–H groups in total. The van der Waals surface area contributed by atoms with Crippen LogP contribution in [0.25, 0.3) is 0 Å². The number of methoxy groups -OCH3 is 1. The number of nitrogen functional groups attached to an aromatic ring is 1. The number of ether oxygens (including phenoxy) is 1. The van der Waals surface area contributed by atoms with Crippen molar-refractivity contribution in [2.24, 2.45) is 0 Å².